The van der Waals surface area contributed by atoms with Gasteiger partial charge in [-0.15, -0.1) is 0 Å². The summed E-state index contributed by atoms with van der Waals surface area (Å²) >= 11 is 0. The molecule has 1 aliphatic rings. The Balaban J connectivity index is 2.26. The highest BCUT2D eigenvalue weighted by Crippen LogP contribution is 2.52. The van der Waals surface area contributed by atoms with Gasteiger partial charge in [0.2, 0.25) is 5.75 Å². The van der Waals surface area contributed by atoms with Gasteiger partial charge < -0.3 is 23.4 Å². The molecule has 2 aromatic rings. The smallest absolute Gasteiger partial charge is 0.330 e. The number of benzene rings is 1. The van der Waals surface area contributed by atoms with Gasteiger partial charge in [0, 0.05) is 12.1 Å². The first kappa shape index (κ1) is 13.9. The van der Waals surface area contributed by atoms with Crippen molar-refractivity contribution in [3.63, 3.8) is 0 Å². The predicted octanol–water partition coefficient (Wildman–Crippen LogP) is 3.78. The van der Waals surface area contributed by atoms with Crippen molar-refractivity contribution < 1.29 is 23.4 Å². The van der Waals surface area contributed by atoms with Gasteiger partial charge in [-0.05, 0) is 27.7 Å². The maximum atomic E-state index is 6.16. The summed E-state index contributed by atoms with van der Waals surface area (Å²) in [6.45, 7) is 7.93. The minimum atomic E-state index is -0.509. The standard InChI is InChI=1S/C16H20O5/c1-15(2)16(3,4)21-14-13(20-15)12-10(18-6)7-9(17-5)8-11(12)19-14/h7-8H,1-6H3. The van der Waals surface area contributed by atoms with Crippen LogP contribution >= 0.6 is 0 Å². The van der Waals surface area contributed by atoms with Crippen LogP contribution in [-0.2, 0) is 0 Å². The summed E-state index contributed by atoms with van der Waals surface area (Å²) in [5, 5.41) is 0.761. The first-order valence-corrected chi connectivity index (χ1v) is 6.85. The van der Waals surface area contributed by atoms with Crippen LogP contribution in [0.25, 0.3) is 11.0 Å². The molecule has 0 unspecified atom stereocenters. The zero-order valence-electron chi connectivity index (χ0n) is 13.2. The average Bonchev–Trinajstić information content (AvgIpc) is 2.73. The second-order valence-corrected chi connectivity index (χ2v) is 6.15. The Morgan fingerprint density at radius 3 is 2.19 bits per heavy atom. The first-order valence-electron chi connectivity index (χ1n) is 6.85. The number of hydrogen-bond donors (Lipinski definition) is 0. The van der Waals surface area contributed by atoms with E-state index in [1.165, 1.54) is 0 Å². The fourth-order valence-electron chi connectivity index (χ4n) is 2.29. The number of furan rings is 1. The molecule has 2 heterocycles. The normalized spacial score (nSPS) is 18.6. The van der Waals surface area contributed by atoms with Crippen molar-refractivity contribution in [1.82, 2.24) is 0 Å². The van der Waals surface area contributed by atoms with Crippen molar-refractivity contribution in [2.45, 2.75) is 38.9 Å². The van der Waals surface area contributed by atoms with Crippen LogP contribution in [0.3, 0.4) is 0 Å². The first-order chi connectivity index (χ1) is 9.79. The minimum Gasteiger partial charge on any atom is -0.496 e. The lowest BCUT2D eigenvalue weighted by Crippen LogP contribution is -2.55. The SMILES string of the molecule is COc1cc(OC)c2c3c(oc2c1)OC(C)(C)C(C)(C)O3. The molecule has 5 heteroatoms. The summed E-state index contributed by atoms with van der Waals surface area (Å²) in [5.41, 5.74) is -0.392. The molecule has 21 heavy (non-hydrogen) atoms. The largest absolute Gasteiger partial charge is 0.496 e. The maximum absolute atomic E-state index is 6.16. The molecule has 0 aliphatic carbocycles. The van der Waals surface area contributed by atoms with E-state index in [0.29, 0.717) is 28.8 Å². The van der Waals surface area contributed by atoms with Gasteiger partial charge in [-0.3, -0.25) is 0 Å². The Bertz CT molecular complexity index is 696. The zero-order valence-corrected chi connectivity index (χ0v) is 13.2. The van der Waals surface area contributed by atoms with Gasteiger partial charge in [0.15, 0.2) is 0 Å². The van der Waals surface area contributed by atoms with E-state index in [4.69, 9.17) is 23.4 Å². The monoisotopic (exact) mass is 292 g/mol. The molecule has 1 aromatic heterocycles. The van der Waals surface area contributed by atoms with Crippen LogP contribution in [-0.4, -0.2) is 25.4 Å². The van der Waals surface area contributed by atoms with E-state index in [-0.39, 0.29) is 0 Å². The molecule has 3 rings (SSSR count). The Morgan fingerprint density at radius 1 is 0.905 bits per heavy atom. The zero-order chi connectivity index (χ0) is 15.4. The summed E-state index contributed by atoms with van der Waals surface area (Å²) in [7, 11) is 3.20. The van der Waals surface area contributed by atoms with Crippen LogP contribution < -0.4 is 18.9 Å². The third-order valence-corrected chi connectivity index (χ3v) is 4.27. The molecule has 0 N–H and O–H groups in total. The molecular weight excluding hydrogens is 272 g/mol. The summed E-state index contributed by atoms with van der Waals surface area (Å²) in [4.78, 5) is 0. The molecule has 0 atom stereocenters. The van der Waals surface area contributed by atoms with Crippen molar-refractivity contribution >= 4 is 11.0 Å². The highest BCUT2D eigenvalue weighted by Gasteiger charge is 2.48. The molecule has 0 spiro atoms. The number of methoxy groups -OCH3 is 2. The van der Waals surface area contributed by atoms with Crippen molar-refractivity contribution in [2.75, 3.05) is 14.2 Å². The number of ether oxygens (including phenoxy) is 4. The van der Waals surface area contributed by atoms with E-state index in [1.807, 2.05) is 27.7 Å². The molecule has 0 bridgehead atoms. The van der Waals surface area contributed by atoms with Gasteiger partial charge in [0.05, 0.1) is 14.2 Å². The number of fused-ring (bicyclic) bond motifs is 3. The summed E-state index contributed by atoms with van der Waals surface area (Å²) < 4.78 is 28.7. The second-order valence-electron chi connectivity index (χ2n) is 6.15. The van der Waals surface area contributed by atoms with Gasteiger partial charge in [-0.25, -0.2) is 0 Å². The van der Waals surface area contributed by atoms with Crippen molar-refractivity contribution in [1.29, 1.82) is 0 Å². The molecular formula is C16H20O5. The van der Waals surface area contributed by atoms with Crippen molar-refractivity contribution in [3.8, 4) is 23.2 Å². The fourth-order valence-corrected chi connectivity index (χ4v) is 2.29. The average molecular weight is 292 g/mol. The highest BCUT2D eigenvalue weighted by atomic mass is 16.7. The highest BCUT2D eigenvalue weighted by molar-refractivity contribution is 5.94. The lowest BCUT2D eigenvalue weighted by Gasteiger charge is -2.43. The maximum Gasteiger partial charge on any atom is 0.330 e. The van der Waals surface area contributed by atoms with Gasteiger partial charge in [-0.2, -0.15) is 0 Å². The fraction of sp³-hybridized carbons (Fsp3) is 0.500. The van der Waals surface area contributed by atoms with Gasteiger partial charge in [0.1, 0.15) is 33.7 Å². The Hall–Kier alpha value is -2.04. The third kappa shape index (κ3) is 1.91. The van der Waals surface area contributed by atoms with Crippen LogP contribution in [0.15, 0.2) is 16.5 Å². The molecule has 0 saturated carbocycles. The van der Waals surface area contributed by atoms with Crippen LogP contribution in [0.1, 0.15) is 27.7 Å². The van der Waals surface area contributed by atoms with E-state index < -0.39 is 11.2 Å². The van der Waals surface area contributed by atoms with E-state index in [2.05, 4.69) is 0 Å². The molecule has 1 aromatic carbocycles. The predicted molar refractivity (Wildman–Crippen MR) is 78.7 cm³/mol. The molecule has 114 valence electrons. The van der Waals surface area contributed by atoms with Crippen LogP contribution in [0.4, 0.5) is 0 Å². The second kappa shape index (κ2) is 4.23. The summed E-state index contributed by atoms with van der Waals surface area (Å²) in [6, 6.07) is 3.59. The Labute approximate surface area is 123 Å². The molecule has 0 amide bonds. The molecule has 1 aliphatic heterocycles. The molecule has 5 nitrogen and oxygen atoms in total. The topological polar surface area (TPSA) is 50.1 Å². The number of hydrogen-bond acceptors (Lipinski definition) is 5. The third-order valence-electron chi connectivity index (χ3n) is 4.27. The lowest BCUT2D eigenvalue weighted by atomic mass is 9.88. The summed E-state index contributed by atoms with van der Waals surface area (Å²) in [5.74, 6) is 2.24. The van der Waals surface area contributed by atoms with Gasteiger partial charge >= 0.3 is 5.95 Å². The quantitative estimate of drug-likeness (QED) is 0.843. The van der Waals surface area contributed by atoms with Crippen molar-refractivity contribution in [3.05, 3.63) is 12.1 Å². The molecule has 0 fully saturated rings. The van der Waals surface area contributed by atoms with Crippen LogP contribution in [0.5, 0.6) is 23.2 Å². The van der Waals surface area contributed by atoms with Crippen LogP contribution in [0, 0.1) is 0 Å². The lowest BCUT2D eigenvalue weighted by molar-refractivity contribution is -0.110. The van der Waals surface area contributed by atoms with Crippen LogP contribution in [0.2, 0.25) is 0 Å². The minimum absolute atomic E-state index is 0.376. The van der Waals surface area contributed by atoms with E-state index >= 15 is 0 Å². The van der Waals surface area contributed by atoms with E-state index in [1.54, 1.807) is 26.4 Å². The molecule has 0 saturated heterocycles. The van der Waals surface area contributed by atoms with E-state index in [9.17, 15) is 0 Å². The van der Waals surface area contributed by atoms with Gasteiger partial charge in [0.25, 0.3) is 0 Å². The van der Waals surface area contributed by atoms with Crippen molar-refractivity contribution in [2.24, 2.45) is 0 Å². The Morgan fingerprint density at radius 2 is 1.57 bits per heavy atom. The Kier molecular flexibility index (Phi) is 2.80. The van der Waals surface area contributed by atoms with Gasteiger partial charge in [-0.1, -0.05) is 0 Å². The van der Waals surface area contributed by atoms with E-state index in [0.717, 1.165) is 5.39 Å². The molecule has 0 radical (unpaired) electrons. The summed E-state index contributed by atoms with van der Waals surface area (Å²) in [6.07, 6.45) is 0. The number of rotatable bonds is 2.